The molecule has 6 nitrogen and oxygen atoms in total. The van der Waals surface area contributed by atoms with Crippen LogP contribution in [0.3, 0.4) is 0 Å². The number of carbonyl (C=O) groups is 3. The first-order valence-corrected chi connectivity index (χ1v) is 8.27. The zero-order valence-electron chi connectivity index (χ0n) is 15.1. The van der Waals surface area contributed by atoms with Crippen LogP contribution >= 0.6 is 0 Å². The molecule has 0 radical (unpaired) electrons. The van der Waals surface area contributed by atoms with E-state index in [0.29, 0.717) is 11.1 Å². The van der Waals surface area contributed by atoms with E-state index in [2.05, 4.69) is 10.1 Å². The lowest BCUT2D eigenvalue weighted by Gasteiger charge is -2.15. The van der Waals surface area contributed by atoms with E-state index in [-0.39, 0.29) is 23.5 Å². The van der Waals surface area contributed by atoms with Gasteiger partial charge in [0.2, 0.25) is 0 Å². The second-order valence-electron chi connectivity index (χ2n) is 6.17. The highest BCUT2D eigenvalue weighted by molar-refractivity contribution is 6.17. The van der Waals surface area contributed by atoms with Crippen LogP contribution < -0.4 is 5.32 Å². The number of nitrogens with zero attached hydrogens (tertiary/aromatic N) is 1. The third-order valence-corrected chi connectivity index (χ3v) is 4.29. The summed E-state index contributed by atoms with van der Waals surface area (Å²) in [6.45, 7) is 1.28. The number of halogens is 2. The lowest BCUT2D eigenvalue weighted by atomic mass is 10.1. The van der Waals surface area contributed by atoms with Crippen LogP contribution in [0.5, 0.6) is 0 Å². The zero-order chi connectivity index (χ0) is 20.4. The van der Waals surface area contributed by atoms with Gasteiger partial charge in [0.05, 0.1) is 19.2 Å². The zero-order valence-corrected chi connectivity index (χ0v) is 15.1. The average molecular weight is 386 g/mol. The monoisotopic (exact) mass is 386 g/mol. The van der Waals surface area contributed by atoms with Crippen molar-refractivity contribution < 1.29 is 27.9 Å². The second-order valence-corrected chi connectivity index (χ2v) is 6.17. The number of hydrogen-bond acceptors (Lipinski definition) is 5. The number of benzene rings is 2. The molecular weight excluding hydrogens is 370 g/mol. The van der Waals surface area contributed by atoms with Crippen molar-refractivity contribution in [2.75, 3.05) is 12.4 Å². The molecule has 2 amide bonds. The van der Waals surface area contributed by atoms with E-state index >= 15 is 0 Å². The van der Waals surface area contributed by atoms with Crippen molar-refractivity contribution in [1.82, 2.24) is 4.90 Å². The fraction of sp³-hybridized carbons (Fsp3) is 0.150. The Bertz CT molecular complexity index is 977. The molecular formula is C20H16F2N2O4. The van der Waals surface area contributed by atoms with Gasteiger partial charge in [-0.1, -0.05) is 12.1 Å². The van der Waals surface area contributed by atoms with Crippen LogP contribution in [0.1, 0.15) is 21.5 Å². The molecule has 0 atom stereocenters. The molecule has 1 N–H and O–H groups in total. The summed E-state index contributed by atoms with van der Waals surface area (Å²) in [5.74, 6) is -3.20. The number of ether oxygens (including phenoxy) is 1. The van der Waals surface area contributed by atoms with Gasteiger partial charge in [-0.05, 0) is 36.8 Å². The van der Waals surface area contributed by atoms with Crippen molar-refractivity contribution in [3.8, 4) is 0 Å². The Balaban J connectivity index is 1.72. The molecule has 28 heavy (non-hydrogen) atoms. The maximum Gasteiger partial charge on any atom is 0.337 e. The predicted molar refractivity (Wildman–Crippen MR) is 96.1 cm³/mol. The minimum atomic E-state index is -0.762. The van der Waals surface area contributed by atoms with Gasteiger partial charge in [0, 0.05) is 17.3 Å². The first-order valence-electron chi connectivity index (χ1n) is 8.27. The molecule has 8 heteroatoms. The summed E-state index contributed by atoms with van der Waals surface area (Å²) in [4.78, 5) is 37.1. The number of amides is 2. The number of nitrogens with one attached hydrogen (secondary N) is 1. The third kappa shape index (κ3) is 3.75. The van der Waals surface area contributed by atoms with Crippen LogP contribution in [0.2, 0.25) is 0 Å². The maximum atomic E-state index is 13.7. The van der Waals surface area contributed by atoms with Crippen molar-refractivity contribution in [2.24, 2.45) is 0 Å². The summed E-state index contributed by atoms with van der Waals surface area (Å²) in [6.07, 6.45) is 1.07. The molecule has 0 aliphatic carbocycles. The van der Waals surface area contributed by atoms with Gasteiger partial charge < -0.3 is 10.1 Å². The van der Waals surface area contributed by atoms with Crippen LogP contribution in [0, 0.1) is 18.6 Å². The molecule has 1 aliphatic rings. The molecule has 2 aromatic carbocycles. The summed E-state index contributed by atoms with van der Waals surface area (Å²) in [5, 5.41) is 2.59. The SMILES string of the molecule is COC(=O)c1ccc(CN2C(=O)C=C(Nc3cc(F)c(C)c(F)c3)C2=O)cc1. The van der Waals surface area contributed by atoms with E-state index in [1.54, 1.807) is 12.1 Å². The van der Waals surface area contributed by atoms with E-state index in [1.165, 1.54) is 26.2 Å². The van der Waals surface area contributed by atoms with Crippen molar-refractivity contribution in [1.29, 1.82) is 0 Å². The van der Waals surface area contributed by atoms with E-state index in [1.807, 2.05) is 0 Å². The number of methoxy groups -OCH3 is 1. The fourth-order valence-electron chi connectivity index (χ4n) is 2.67. The van der Waals surface area contributed by atoms with Crippen molar-refractivity contribution in [3.63, 3.8) is 0 Å². The molecule has 1 aliphatic heterocycles. The fourth-order valence-corrected chi connectivity index (χ4v) is 2.67. The largest absolute Gasteiger partial charge is 0.465 e. The van der Waals surface area contributed by atoms with Gasteiger partial charge in [-0.3, -0.25) is 14.5 Å². The van der Waals surface area contributed by atoms with Gasteiger partial charge in [-0.25, -0.2) is 13.6 Å². The summed E-state index contributed by atoms with van der Waals surface area (Å²) in [7, 11) is 1.27. The maximum absolute atomic E-state index is 13.7. The Labute approximate surface area is 159 Å². The van der Waals surface area contributed by atoms with Crippen LogP contribution in [0.4, 0.5) is 14.5 Å². The minimum absolute atomic E-state index is 0.0164. The molecule has 0 bridgehead atoms. The highest BCUT2D eigenvalue weighted by atomic mass is 19.1. The number of imide groups is 1. The van der Waals surface area contributed by atoms with Crippen molar-refractivity contribution >= 4 is 23.5 Å². The van der Waals surface area contributed by atoms with Gasteiger partial charge in [0.15, 0.2) is 0 Å². The summed E-state index contributed by atoms with van der Waals surface area (Å²) < 4.78 is 32.0. The van der Waals surface area contributed by atoms with E-state index in [4.69, 9.17) is 0 Å². The number of anilines is 1. The molecule has 0 saturated heterocycles. The summed E-state index contributed by atoms with van der Waals surface area (Å²) >= 11 is 0. The Hall–Kier alpha value is -3.55. The lowest BCUT2D eigenvalue weighted by molar-refractivity contribution is -0.137. The molecule has 3 rings (SSSR count). The Morgan fingerprint density at radius 2 is 1.71 bits per heavy atom. The van der Waals surface area contributed by atoms with Gasteiger partial charge >= 0.3 is 5.97 Å². The first kappa shape index (κ1) is 19.2. The van der Waals surface area contributed by atoms with Gasteiger partial charge in [-0.15, -0.1) is 0 Å². The van der Waals surface area contributed by atoms with Crippen molar-refractivity contribution in [2.45, 2.75) is 13.5 Å². The number of carbonyl (C=O) groups excluding carboxylic acids is 3. The van der Waals surface area contributed by atoms with E-state index in [0.717, 1.165) is 23.1 Å². The summed E-state index contributed by atoms with van der Waals surface area (Å²) in [6, 6.07) is 8.34. The molecule has 144 valence electrons. The third-order valence-electron chi connectivity index (χ3n) is 4.29. The first-order chi connectivity index (χ1) is 13.3. The van der Waals surface area contributed by atoms with Gasteiger partial charge in [0.25, 0.3) is 11.8 Å². The molecule has 2 aromatic rings. The molecule has 0 aromatic heterocycles. The van der Waals surface area contributed by atoms with Crippen LogP contribution in [-0.4, -0.2) is 29.8 Å². The molecule has 0 unspecified atom stereocenters. The average Bonchev–Trinajstić information content (AvgIpc) is 2.93. The molecule has 0 fully saturated rings. The second kappa shape index (κ2) is 7.59. The number of esters is 1. The van der Waals surface area contributed by atoms with E-state index in [9.17, 15) is 23.2 Å². The van der Waals surface area contributed by atoms with Crippen LogP contribution in [0.25, 0.3) is 0 Å². The standard InChI is InChI=1S/C20H16F2N2O4/c1-11-15(21)7-14(8-16(11)22)23-17-9-18(25)24(19(17)26)10-12-3-5-13(6-4-12)20(27)28-2/h3-9,23H,10H2,1-2H3. The molecule has 0 saturated carbocycles. The highest BCUT2D eigenvalue weighted by Gasteiger charge is 2.31. The van der Waals surface area contributed by atoms with Gasteiger partial charge in [0.1, 0.15) is 17.3 Å². The van der Waals surface area contributed by atoms with Gasteiger partial charge in [-0.2, -0.15) is 0 Å². The number of hydrogen-bond donors (Lipinski definition) is 1. The van der Waals surface area contributed by atoms with Crippen LogP contribution in [0.15, 0.2) is 48.2 Å². The summed E-state index contributed by atoms with van der Waals surface area (Å²) in [5.41, 5.74) is 0.771. The Morgan fingerprint density at radius 1 is 1.11 bits per heavy atom. The Morgan fingerprint density at radius 3 is 2.29 bits per heavy atom. The smallest absolute Gasteiger partial charge is 0.337 e. The minimum Gasteiger partial charge on any atom is -0.465 e. The quantitative estimate of drug-likeness (QED) is 0.632. The highest BCUT2D eigenvalue weighted by Crippen LogP contribution is 2.23. The normalized spacial score (nSPS) is 13.6. The Kier molecular flexibility index (Phi) is 5.21. The lowest BCUT2D eigenvalue weighted by Crippen LogP contribution is -2.31. The van der Waals surface area contributed by atoms with Crippen LogP contribution in [-0.2, 0) is 20.9 Å². The predicted octanol–water partition coefficient (Wildman–Crippen LogP) is 2.92. The molecule has 1 heterocycles. The van der Waals surface area contributed by atoms with E-state index < -0.39 is 29.4 Å². The topological polar surface area (TPSA) is 75.7 Å². The number of rotatable bonds is 5. The molecule has 0 spiro atoms. The van der Waals surface area contributed by atoms with Crippen molar-refractivity contribution in [3.05, 3.63) is 76.5 Å².